The van der Waals surface area contributed by atoms with Crippen LogP contribution in [0.4, 0.5) is 0 Å². The molecule has 7 aromatic rings. The Morgan fingerprint density at radius 2 is 1.18 bits per heavy atom. The summed E-state index contributed by atoms with van der Waals surface area (Å²) in [5, 5.41) is 7.61. The summed E-state index contributed by atoms with van der Waals surface area (Å²) in [7, 11) is 0. The second-order valence-corrected chi connectivity index (χ2v) is 9.11. The summed E-state index contributed by atoms with van der Waals surface area (Å²) in [6, 6.07) is 40.4. The number of benzene rings is 6. The van der Waals surface area contributed by atoms with Crippen LogP contribution in [-0.4, -0.2) is 0 Å². The molecule has 34 heavy (non-hydrogen) atoms. The van der Waals surface area contributed by atoms with Gasteiger partial charge < -0.3 is 4.42 Å². The monoisotopic (exact) mass is 454 g/mol. The third-order valence-corrected chi connectivity index (χ3v) is 7.05. The lowest BCUT2D eigenvalue weighted by atomic mass is 9.97. The van der Waals surface area contributed by atoms with Crippen molar-refractivity contribution < 1.29 is 4.42 Å². The summed E-state index contributed by atoms with van der Waals surface area (Å²) in [5.74, 6) is 0. The van der Waals surface area contributed by atoms with Crippen LogP contribution in [0.25, 0.3) is 65.7 Å². The van der Waals surface area contributed by atoms with Gasteiger partial charge in [-0.3, -0.25) is 0 Å². The molecule has 0 saturated heterocycles. The van der Waals surface area contributed by atoms with Crippen molar-refractivity contribution in [3.63, 3.8) is 0 Å². The third-order valence-electron chi connectivity index (χ3n) is 6.73. The topological polar surface area (TPSA) is 13.1 Å². The molecule has 1 aromatic heterocycles. The smallest absolute Gasteiger partial charge is 0.143 e. The van der Waals surface area contributed by atoms with Crippen molar-refractivity contribution >= 4 is 55.1 Å². The molecule has 7 rings (SSSR count). The van der Waals surface area contributed by atoms with Gasteiger partial charge in [-0.25, -0.2) is 0 Å². The second kappa shape index (κ2) is 7.48. The fourth-order valence-corrected chi connectivity index (χ4v) is 5.32. The van der Waals surface area contributed by atoms with Gasteiger partial charge in [0, 0.05) is 27.8 Å². The minimum atomic E-state index is 0.712. The molecule has 160 valence electrons. The number of fused-ring (bicyclic) bond motifs is 6. The lowest BCUT2D eigenvalue weighted by molar-refractivity contribution is 0.670. The Morgan fingerprint density at radius 1 is 0.500 bits per heavy atom. The first-order valence-electron chi connectivity index (χ1n) is 11.4. The van der Waals surface area contributed by atoms with Crippen LogP contribution in [-0.2, 0) is 0 Å². The zero-order valence-corrected chi connectivity index (χ0v) is 19.0. The predicted molar refractivity (Wildman–Crippen MR) is 145 cm³/mol. The van der Waals surface area contributed by atoms with Crippen molar-refractivity contribution in [3.05, 3.63) is 120 Å². The van der Waals surface area contributed by atoms with Gasteiger partial charge in [0.25, 0.3) is 0 Å². The van der Waals surface area contributed by atoms with E-state index < -0.39 is 0 Å². The largest absolute Gasteiger partial charge is 0.455 e. The number of hydrogen-bond acceptors (Lipinski definition) is 1. The molecule has 0 atom stereocenters. The Kier molecular flexibility index (Phi) is 4.27. The fraction of sp³-hybridized carbons (Fsp3) is 0. The van der Waals surface area contributed by atoms with Crippen LogP contribution < -0.4 is 0 Å². The quantitative estimate of drug-likeness (QED) is 0.253. The number of halogens is 1. The van der Waals surface area contributed by atoms with Crippen molar-refractivity contribution in [3.8, 4) is 22.3 Å². The van der Waals surface area contributed by atoms with E-state index in [9.17, 15) is 0 Å². The van der Waals surface area contributed by atoms with Crippen LogP contribution in [0.5, 0.6) is 0 Å². The van der Waals surface area contributed by atoms with E-state index in [1.54, 1.807) is 0 Å². The number of hydrogen-bond donors (Lipinski definition) is 0. The molecule has 0 radical (unpaired) electrons. The maximum Gasteiger partial charge on any atom is 0.143 e. The van der Waals surface area contributed by atoms with Gasteiger partial charge in [-0.05, 0) is 38.9 Å². The zero-order chi connectivity index (χ0) is 22.6. The molecule has 0 fully saturated rings. The molecule has 0 amide bonds. The van der Waals surface area contributed by atoms with Crippen molar-refractivity contribution in [2.45, 2.75) is 0 Å². The highest BCUT2D eigenvalue weighted by Crippen LogP contribution is 2.41. The molecule has 6 aromatic carbocycles. The molecule has 0 saturated carbocycles. The van der Waals surface area contributed by atoms with Gasteiger partial charge >= 0.3 is 0 Å². The summed E-state index contributed by atoms with van der Waals surface area (Å²) >= 11 is 6.57. The van der Waals surface area contributed by atoms with E-state index in [1.807, 2.05) is 18.2 Å². The zero-order valence-electron chi connectivity index (χ0n) is 18.3. The minimum Gasteiger partial charge on any atom is -0.455 e. The van der Waals surface area contributed by atoms with Crippen molar-refractivity contribution in [2.75, 3.05) is 0 Å². The summed E-state index contributed by atoms with van der Waals surface area (Å²) in [4.78, 5) is 0. The van der Waals surface area contributed by atoms with Gasteiger partial charge in [-0.1, -0.05) is 115 Å². The maximum absolute atomic E-state index is 6.57. The van der Waals surface area contributed by atoms with E-state index in [4.69, 9.17) is 16.0 Å². The molecule has 0 bridgehead atoms. The molecule has 0 spiro atoms. The van der Waals surface area contributed by atoms with Crippen LogP contribution in [0, 0.1) is 0 Å². The fourth-order valence-electron chi connectivity index (χ4n) is 5.06. The Balaban J connectivity index is 1.38. The Labute approximate surface area is 201 Å². The molecular weight excluding hydrogens is 436 g/mol. The summed E-state index contributed by atoms with van der Waals surface area (Å²) in [5.41, 5.74) is 6.34. The van der Waals surface area contributed by atoms with Crippen LogP contribution in [0.1, 0.15) is 0 Å². The molecule has 2 heteroatoms. The van der Waals surface area contributed by atoms with E-state index in [2.05, 4.69) is 97.1 Å². The predicted octanol–water partition coefficient (Wildman–Crippen LogP) is 9.88. The van der Waals surface area contributed by atoms with Crippen LogP contribution in [0.2, 0.25) is 5.02 Å². The SMILES string of the molecule is Clc1cc2oc3c(-c4ccc(-c5ccc6ccccc6c5)cc4)cccc3c2c2ccccc12. The van der Waals surface area contributed by atoms with Gasteiger partial charge in [0.2, 0.25) is 0 Å². The highest BCUT2D eigenvalue weighted by Gasteiger charge is 2.16. The van der Waals surface area contributed by atoms with E-state index in [0.29, 0.717) is 5.02 Å². The van der Waals surface area contributed by atoms with E-state index in [0.717, 1.165) is 43.8 Å². The van der Waals surface area contributed by atoms with E-state index in [-0.39, 0.29) is 0 Å². The van der Waals surface area contributed by atoms with Crippen molar-refractivity contribution in [1.29, 1.82) is 0 Å². The lowest BCUT2D eigenvalue weighted by Gasteiger charge is -2.07. The molecular formula is C32H19ClO. The Bertz CT molecular complexity index is 1860. The minimum absolute atomic E-state index is 0.712. The van der Waals surface area contributed by atoms with E-state index in [1.165, 1.54) is 21.9 Å². The lowest BCUT2D eigenvalue weighted by Crippen LogP contribution is -1.82. The average Bonchev–Trinajstić information content (AvgIpc) is 3.27. The first kappa shape index (κ1) is 19.4. The van der Waals surface area contributed by atoms with Gasteiger partial charge in [-0.15, -0.1) is 0 Å². The number of para-hydroxylation sites is 1. The molecule has 1 nitrogen and oxygen atoms in total. The van der Waals surface area contributed by atoms with E-state index >= 15 is 0 Å². The van der Waals surface area contributed by atoms with Gasteiger partial charge in [-0.2, -0.15) is 0 Å². The normalized spacial score (nSPS) is 11.7. The molecule has 1 heterocycles. The number of rotatable bonds is 2. The Hall–Kier alpha value is -4.07. The van der Waals surface area contributed by atoms with Gasteiger partial charge in [0.15, 0.2) is 0 Å². The first-order chi connectivity index (χ1) is 16.8. The van der Waals surface area contributed by atoms with Crippen molar-refractivity contribution in [2.24, 2.45) is 0 Å². The molecule has 0 aliphatic heterocycles. The third kappa shape index (κ3) is 2.95. The summed E-state index contributed by atoms with van der Waals surface area (Å²) < 4.78 is 6.41. The highest BCUT2D eigenvalue weighted by molar-refractivity contribution is 6.38. The second-order valence-electron chi connectivity index (χ2n) is 8.70. The maximum atomic E-state index is 6.57. The molecule has 0 aliphatic rings. The molecule has 0 aliphatic carbocycles. The number of furan rings is 1. The van der Waals surface area contributed by atoms with Gasteiger partial charge in [0.05, 0.1) is 5.02 Å². The first-order valence-corrected chi connectivity index (χ1v) is 11.8. The van der Waals surface area contributed by atoms with Gasteiger partial charge in [0.1, 0.15) is 11.2 Å². The van der Waals surface area contributed by atoms with Crippen LogP contribution >= 0.6 is 11.6 Å². The molecule has 0 unspecified atom stereocenters. The van der Waals surface area contributed by atoms with Crippen molar-refractivity contribution in [1.82, 2.24) is 0 Å². The van der Waals surface area contributed by atoms with Crippen LogP contribution in [0.3, 0.4) is 0 Å². The Morgan fingerprint density at radius 3 is 2.03 bits per heavy atom. The summed E-state index contributed by atoms with van der Waals surface area (Å²) in [6.07, 6.45) is 0. The highest BCUT2D eigenvalue weighted by atomic mass is 35.5. The molecule has 0 N–H and O–H groups in total. The standard InChI is InChI=1S/C32H19ClO/c33-29-19-30-31(27-9-4-3-8-26(27)29)28-11-5-10-25(32(28)34-30)22-15-12-21(13-16-22)24-17-14-20-6-1-2-7-23(20)18-24/h1-19H. The average molecular weight is 455 g/mol. The van der Waals surface area contributed by atoms with Crippen LogP contribution in [0.15, 0.2) is 120 Å². The summed E-state index contributed by atoms with van der Waals surface area (Å²) in [6.45, 7) is 0.